The third kappa shape index (κ3) is 3.68. The van der Waals surface area contributed by atoms with E-state index in [-0.39, 0.29) is 29.9 Å². The molecular weight excluding hydrogens is 313 g/mol. The van der Waals surface area contributed by atoms with Crippen molar-refractivity contribution in [2.75, 3.05) is 6.61 Å². The lowest BCUT2D eigenvalue weighted by atomic mass is 10.1. The van der Waals surface area contributed by atoms with Crippen LogP contribution in [0.4, 0.5) is 4.39 Å². The first kappa shape index (κ1) is 17.8. The summed E-state index contributed by atoms with van der Waals surface area (Å²) in [4.78, 5) is 24.4. The molecule has 6 nitrogen and oxygen atoms in total. The van der Waals surface area contributed by atoms with Gasteiger partial charge in [-0.1, -0.05) is 19.1 Å². The number of nitrogens with one attached hydrogen (secondary N) is 1. The lowest BCUT2D eigenvalue weighted by molar-refractivity contribution is 0.0908. The van der Waals surface area contributed by atoms with Crippen LogP contribution in [0.15, 0.2) is 35.1 Å². The fraction of sp³-hybridized carbons (Fsp3) is 0.353. The second-order valence-corrected chi connectivity index (χ2v) is 5.78. The molecule has 128 valence electrons. The first-order valence-corrected chi connectivity index (χ1v) is 7.62. The summed E-state index contributed by atoms with van der Waals surface area (Å²) in [5.74, 6) is -1.34. The highest BCUT2D eigenvalue weighted by Gasteiger charge is 2.20. The predicted octanol–water partition coefficient (Wildman–Crippen LogP) is 1.43. The highest BCUT2D eigenvalue weighted by Crippen LogP contribution is 2.13. The molecular formula is C17H20FN3O3. The Morgan fingerprint density at radius 1 is 1.38 bits per heavy atom. The molecule has 2 rings (SSSR count). The number of para-hydroxylation sites is 1. The quantitative estimate of drug-likeness (QED) is 0.867. The van der Waals surface area contributed by atoms with E-state index in [9.17, 15) is 14.0 Å². The Labute approximate surface area is 138 Å². The molecule has 0 fully saturated rings. The topological polar surface area (TPSA) is 84.2 Å². The van der Waals surface area contributed by atoms with Crippen molar-refractivity contribution < 1.29 is 14.3 Å². The maximum absolute atomic E-state index is 14.0. The molecule has 1 amide bonds. The van der Waals surface area contributed by atoms with Crippen molar-refractivity contribution >= 4 is 5.91 Å². The summed E-state index contributed by atoms with van der Waals surface area (Å²) in [6.45, 7) is 5.01. The van der Waals surface area contributed by atoms with Gasteiger partial charge in [0.1, 0.15) is 11.5 Å². The molecule has 2 aromatic rings. The van der Waals surface area contributed by atoms with Gasteiger partial charge in [-0.15, -0.1) is 0 Å². The average Bonchev–Trinajstić information content (AvgIpc) is 2.55. The number of aromatic nitrogens is 2. The number of hydrogen-bond donors (Lipinski definition) is 2. The van der Waals surface area contributed by atoms with Crippen LogP contribution in [0, 0.1) is 18.7 Å². The molecule has 2 N–H and O–H groups in total. The number of aliphatic hydroxyl groups excluding tert-OH is 1. The monoisotopic (exact) mass is 333 g/mol. The SMILES string of the molecule is Cc1cc(=O)c(C(=O)NC(C)C(C)CO)nn1-c1ccccc1F. The molecule has 0 bridgehead atoms. The fourth-order valence-corrected chi connectivity index (χ4v) is 2.15. The summed E-state index contributed by atoms with van der Waals surface area (Å²) >= 11 is 0. The number of hydrogen-bond acceptors (Lipinski definition) is 4. The smallest absolute Gasteiger partial charge is 0.276 e. The second kappa shape index (κ2) is 7.35. The van der Waals surface area contributed by atoms with Crippen LogP contribution in [0.5, 0.6) is 0 Å². The van der Waals surface area contributed by atoms with Gasteiger partial charge in [0.05, 0.1) is 0 Å². The summed E-state index contributed by atoms with van der Waals surface area (Å²) in [5.41, 5.74) is -0.290. The van der Waals surface area contributed by atoms with Crippen molar-refractivity contribution in [3.8, 4) is 5.69 Å². The van der Waals surface area contributed by atoms with E-state index in [1.807, 2.05) is 0 Å². The minimum absolute atomic E-state index is 0.0950. The Bertz CT molecular complexity index is 804. The Morgan fingerprint density at radius 3 is 2.67 bits per heavy atom. The van der Waals surface area contributed by atoms with Crippen LogP contribution in [0.1, 0.15) is 30.0 Å². The Kier molecular flexibility index (Phi) is 5.46. The maximum atomic E-state index is 14.0. The first-order chi connectivity index (χ1) is 11.3. The van der Waals surface area contributed by atoms with Crippen molar-refractivity contribution in [3.63, 3.8) is 0 Å². The van der Waals surface area contributed by atoms with E-state index in [2.05, 4.69) is 10.4 Å². The van der Waals surface area contributed by atoms with Crippen LogP contribution in [0.2, 0.25) is 0 Å². The van der Waals surface area contributed by atoms with Crippen LogP contribution in [-0.2, 0) is 0 Å². The van der Waals surface area contributed by atoms with Crippen LogP contribution < -0.4 is 10.7 Å². The molecule has 0 aliphatic heterocycles. The lowest BCUT2D eigenvalue weighted by Crippen LogP contribution is -2.41. The first-order valence-electron chi connectivity index (χ1n) is 7.62. The van der Waals surface area contributed by atoms with Gasteiger partial charge in [-0.2, -0.15) is 5.10 Å². The highest BCUT2D eigenvalue weighted by atomic mass is 19.1. The van der Waals surface area contributed by atoms with Crippen LogP contribution >= 0.6 is 0 Å². The number of amides is 1. The number of benzene rings is 1. The average molecular weight is 333 g/mol. The number of aliphatic hydroxyl groups is 1. The molecule has 0 saturated heterocycles. The Hall–Kier alpha value is -2.54. The molecule has 2 unspecified atom stereocenters. The molecule has 0 aliphatic carbocycles. The molecule has 0 aliphatic rings. The fourth-order valence-electron chi connectivity index (χ4n) is 2.15. The van der Waals surface area contributed by atoms with Gasteiger partial charge in [0.2, 0.25) is 5.43 Å². The van der Waals surface area contributed by atoms with E-state index in [0.29, 0.717) is 5.69 Å². The number of halogens is 1. The maximum Gasteiger partial charge on any atom is 0.276 e. The number of aryl methyl sites for hydroxylation is 1. The van der Waals surface area contributed by atoms with Gasteiger partial charge < -0.3 is 10.4 Å². The minimum atomic E-state index is -0.655. The van der Waals surface area contributed by atoms with Crippen molar-refractivity contribution in [3.05, 3.63) is 57.8 Å². The summed E-state index contributed by atoms with van der Waals surface area (Å²) in [7, 11) is 0. The van der Waals surface area contributed by atoms with E-state index in [1.54, 1.807) is 32.9 Å². The molecule has 1 aromatic heterocycles. The van der Waals surface area contributed by atoms with Crippen LogP contribution in [-0.4, -0.2) is 33.4 Å². The van der Waals surface area contributed by atoms with Gasteiger partial charge in [0.25, 0.3) is 5.91 Å². The Balaban J connectivity index is 2.42. The van der Waals surface area contributed by atoms with E-state index < -0.39 is 17.2 Å². The molecule has 0 radical (unpaired) electrons. The molecule has 2 atom stereocenters. The van der Waals surface area contributed by atoms with Gasteiger partial charge in [0.15, 0.2) is 5.69 Å². The number of nitrogens with zero attached hydrogens (tertiary/aromatic N) is 2. The molecule has 0 spiro atoms. The van der Waals surface area contributed by atoms with Gasteiger partial charge in [-0.25, -0.2) is 9.07 Å². The van der Waals surface area contributed by atoms with Crippen molar-refractivity contribution in [2.24, 2.45) is 5.92 Å². The zero-order chi connectivity index (χ0) is 17.9. The second-order valence-electron chi connectivity index (χ2n) is 5.78. The van der Waals surface area contributed by atoms with Gasteiger partial charge in [-0.05, 0) is 31.9 Å². The minimum Gasteiger partial charge on any atom is -0.396 e. The molecule has 24 heavy (non-hydrogen) atoms. The van der Waals surface area contributed by atoms with E-state index in [4.69, 9.17) is 5.11 Å². The van der Waals surface area contributed by atoms with Gasteiger partial charge in [0, 0.05) is 24.4 Å². The predicted molar refractivity (Wildman–Crippen MR) is 87.7 cm³/mol. The van der Waals surface area contributed by atoms with Crippen LogP contribution in [0.25, 0.3) is 5.69 Å². The van der Waals surface area contributed by atoms with Crippen molar-refractivity contribution in [1.82, 2.24) is 15.1 Å². The van der Waals surface area contributed by atoms with Crippen LogP contribution in [0.3, 0.4) is 0 Å². The summed E-state index contributed by atoms with van der Waals surface area (Å²) in [5, 5.41) is 15.8. The number of carbonyl (C=O) groups excluding carboxylic acids is 1. The molecule has 0 saturated carbocycles. The van der Waals surface area contributed by atoms with E-state index in [0.717, 1.165) is 0 Å². The highest BCUT2D eigenvalue weighted by molar-refractivity contribution is 5.92. The zero-order valence-electron chi connectivity index (χ0n) is 13.8. The summed E-state index contributed by atoms with van der Waals surface area (Å²) in [6.07, 6.45) is 0. The normalized spacial score (nSPS) is 13.4. The van der Waals surface area contributed by atoms with Crippen molar-refractivity contribution in [2.45, 2.75) is 26.8 Å². The lowest BCUT2D eigenvalue weighted by Gasteiger charge is -2.19. The Morgan fingerprint density at radius 2 is 2.04 bits per heavy atom. The largest absolute Gasteiger partial charge is 0.396 e. The number of rotatable bonds is 5. The number of carbonyl (C=O) groups is 1. The van der Waals surface area contributed by atoms with E-state index in [1.165, 1.54) is 22.9 Å². The molecule has 1 heterocycles. The van der Waals surface area contributed by atoms with E-state index >= 15 is 0 Å². The zero-order valence-corrected chi connectivity index (χ0v) is 13.8. The van der Waals surface area contributed by atoms with Gasteiger partial charge >= 0.3 is 0 Å². The van der Waals surface area contributed by atoms with Crippen molar-refractivity contribution in [1.29, 1.82) is 0 Å². The molecule has 1 aromatic carbocycles. The third-order valence-corrected chi connectivity index (χ3v) is 3.90. The molecule has 7 heteroatoms. The third-order valence-electron chi connectivity index (χ3n) is 3.90. The van der Waals surface area contributed by atoms with Gasteiger partial charge in [-0.3, -0.25) is 9.59 Å². The summed E-state index contributed by atoms with van der Waals surface area (Å²) in [6, 6.07) is 6.88. The standard InChI is InChI=1S/C17H20FN3O3/c1-10(9-22)12(3)19-17(24)16-15(23)8-11(2)21(20-16)14-7-5-4-6-13(14)18/h4-8,10,12,22H,9H2,1-3H3,(H,19,24). The summed E-state index contributed by atoms with van der Waals surface area (Å²) < 4.78 is 15.2.